The van der Waals surface area contributed by atoms with E-state index >= 15 is 0 Å². The van der Waals surface area contributed by atoms with Gasteiger partial charge in [-0.1, -0.05) is 18.2 Å². The van der Waals surface area contributed by atoms with Gasteiger partial charge >= 0.3 is 18.8 Å². The largest absolute Gasteiger partial charge is 0.462 e. The lowest BCUT2D eigenvalue weighted by Crippen LogP contribution is -2.48. The number of nitrogens with zero attached hydrogens (tertiary/aromatic N) is 6. The van der Waals surface area contributed by atoms with Crippen molar-refractivity contribution >= 4 is 40.0 Å². The van der Waals surface area contributed by atoms with Crippen LogP contribution in [0.1, 0.15) is 12.0 Å². The predicted molar refractivity (Wildman–Crippen MR) is 154 cm³/mol. The van der Waals surface area contributed by atoms with Crippen LogP contribution in [0.4, 0.5) is 33.6 Å². The van der Waals surface area contributed by atoms with E-state index in [0.717, 1.165) is 12.1 Å². The van der Waals surface area contributed by atoms with E-state index in [1.54, 1.807) is 11.9 Å². The molecular weight excluding hydrogens is 613 g/mol. The number of likely N-dealkylation sites (N-methyl/N-ethyl adjacent to an activating group) is 1. The summed E-state index contributed by atoms with van der Waals surface area (Å²) in [7, 11) is 1.75. The molecule has 5 rings (SSSR count). The van der Waals surface area contributed by atoms with E-state index in [4.69, 9.17) is 22.1 Å². The zero-order valence-corrected chi connectivity index (χ0v) is 24.3. The quantitative estimate of drug-likeness (QED) is 0.281. The number of anilines is 2. The van der Waals surface area contributed by atoms with Gasteiger partial charge in [0.25, 0.3) is 0 Å². The summed E-state index contributed by atoms with van der Waals surface area (Å²) in [6.45, 7) is 2.48. The minimum Gasteiger partial charge on any atom is -0.462 e. The maximum absolute atomic E-state index is 13.9. The molecule has 2 aliphatic rings. The van der Waals surface area contributed by atoms with Crippen molar-refractivity contribution in [2.75, 3.05) is 57.0 Å². The van der Waals surface area contributed by atoms with Crippen molar-refractivity contribution < 1.29 is 36.2 Å². The van der Waals surface area contributed by atoms with Crippen molar-refractivity contribution in [3.05, 3.63) is 47.5 Å². The van der Waals surface area contributed by atoms with Crippen molar-refractivity contribution in [2.45, 2.75) is 31.4 Å². The van der Waals surface area contributed by atoms with Gasteiger partial charge in [0.05, 0.1) is 27.9 Å². The molecule has 16 heteroatoms. The van der Waals surface area contributed by atoms with Gasteiger partial charge in [-0.25, -0.2) is 4.98 Å². The molecule has 2 fully saturated rings. The normalized spacial score (nSPS) is 19.6. The summed E-state index contributed by atoms with van der Waals surface area (Å²) in [6, 6.07) is 4.38. The van der Waals surface area contributed by atoms with Crippen LogP contribution in [0, 0.1) is 0 Å². The van der Waals surface area contributed by atoms with E-state index in [0.29, 0.717) is 43.8 Å². The molecule has 2 saturated heterocycles. The highest BCUT2D eigenvalue weighted by atomic mass is 35.5. The lowest BCUT2D eigenvalue weighted by molar-refractivity contribution is -0.158. The maximum atomic E-state index is 13.9. The lowest BCUT2D eigenvalue weighted by atomic mass is 10.0. The molecule has 2 unspecified atom stereocenters. The Labute approximate surface area is 254 Å². The highest BCUT2D eigenvalue weighted by Gasteiger charge is 2.36. The van der Waals surface area contributed by atoms with Crippen LogP contribution in [0.2, 0.25) is 5.02 Å². The number of hydrogen-bond acceptors (Lipinski definition) is 9. The maximum Gasteiger partial charge on any atom is 0.418 e. The number of fused-ring (bicyclic) bond motifs is 1. The van der Waals surface area contributed by atoms with Crippen molar-refractivity contribution in [3.8, 4) is 17.3 Å². The van der Waals surface area contributed by atoms with E-state index in [1.165, 1.54) is 18.2 Å². The Kier molecular flexibility index (Phi) is 9.09. The Morgan fingerprint density at radius 3 is 2.57 bits per heavy atom. The minimum atomic E-state index is -4.73. The van der Waals surface area contributed by atoms with E-state index in [9.17, 15) is 26.7 Å². The Balaban J connectivity index is 1.53. The molecule has 1 aromatic carbocycles. The van der Waals surface area contributed by atoms with Crippen molar-refractivity contribution in [1.82, 2.24) is 24.8 Å². The van der Waals surface area contributed by atoms with Crippen molar-refractivity contribution in [3.63, 3.8) is 0 Å². The molecule has 3 aromatic rings. The van der Waals surface area contributed by atoms with Gasteiger partial charge in [-0.2, -0.15) is 31.9 Å². The molecule has 236 valence electrons. The lowest BCUT2D eigenvalue weighted by Gasteiger charge is -2.35. The number of aromatic nitrogens is 3. The highest BCUT2D eigenvalue weighted by molar-refractivity contribution is 6.34. The van der Waals surface area contributed by atoms with Crippen molar-refractivity contribution in [1.29, 1.82) is 0 Å². The summed E-state index contributed by atoms with van der Waals surface area (Å²) >= 11 is 6.57. The molecule has 44 heavy (non-hydrogen) atoms. The standard InChI is InChI=1S/C28H29ClF5N7O3/c1-3-23(42)40-6-8-41(9-7-40)25-18-11-20(29)17(24-19(28(32,33)34)4-5-22(35)37-24)12-21(18)36-27(38-25)43-14-15-10-16(13-39(15)2)44-26(30)31/h3-5,11-12,15-16,26H,1,6-10,13-14H2,2H3,(H2,35,37). The number of ether oxygens (including phenoxy) is 2. The first kappa shape index (κ1) is 31.6. The van der Waals surface area contributed by atoms with Gasteiger partial charge in [-0.15, -0.1) is 0 Å². The first-order valence-electron chi connectivity index (χ1n) is 13.6. The Bertz CT molecular complexity index is 1550. The number of alkyl halides is 5. The fourth-order valence-electron chi connectivity index (χ4n) is 5.41. The third-order valence-corrected chi connectivity index (χ3v) is 7.95. The number of likely N-dealkylation sites (tertiary alicyclic amines) is 1. The molecule has 0 bridgehead atoms. The number of benzene rings is 1. The van der Waals surface area contributed by atoms with Crippen LogP contribution < -0.4 is 15.4 Å². The van der Waals surface area contributed by atoms with Gasteiger partial charge in [0.2, 0.25) is 5.91 Å². The third-order valence-electron chi connectivity index (χ3n) is 7.64. The molecule has 0 aliphatic carbocycles. The summed E-state index contributed by atoms with van der Waals surface area (Å²) in [5.41, 5.74) is 4.45. The van der Waals surface area contributed by atoms with Gasteiger partial charge in [0.1, 0.15) is 18.2 Å². The molecule has 0 spiro atoms. The molecule has 2 atom stereocenters. The molecular formula is C28H29ClF5N7O3. The Morgan fingerprint density at radius 1 is 1.18 bits per heavy atom. The first-order valence-corrected chi connectivity index (χ1v) is 14.0. The van der Waals surface area contributed by atoms with Crippen LogP contribution in [-0.2, 0) is 15.7 Å². The van der Waals surface area contributed by atoms with E-state index in [2.05, 4.69) is 26.3 Å². The summed E-state index contributed by atoms with van der Waals surface area (Å²) in [5.74, 6) is 0.0662. The summed E-state index contributed by atoms with van der Waals surface area (Å²) < 4.78 is 77.8. The second-order valence-electron chi connectivity index (χ2n) is 10.5. The first-order chi connectivity index (χ1) is 20.8. The molecule has 1 amide bonds. The van der Waals surface area contributed by atoms with Crippen LogP contribution in [-0.4, -0.2) is 95.8 Å². The number of pyridine rings is 1. The topological polar surface area (TPSA) is 110 Å². The van der Waals surface area contributed by atoms with Crippen LogP contribution in [0.3, 0.4) is 0 Å². The van der Waals surface area contributed by atoms with E-state index in [1.807, 2.05) is 9.80 Å². The fraction of sp³-hybridized carbons (Fsp3) is 0.429. The zero-order chi connectivity index (χ0) is 31.8. The highest BCUT2D eigenvalue weighted by Crippen LogP contribution is 2.41. The summed E-state index contributed by atoms with van der Waals surface area (Å²) in [4.78, 5) is 30.5. The van der Waals surface area contributed by atoms with Crippen molar-refractivity contribution in [2.24, 2.45) is 0 Å². The molecule has 10 nitrogen and oxygen atoms in total. The number of piperazine rings is 1. The van der Waals surface area contributed by atoms with Crippen LogP contribution in [0.25, 0.3) is 22.2 Å². The molecule has 2 N–H and O–H groups in total. The molecule has 0 radical (unpaired) electrons. The van der Waals surface area contributed by atoms with Gasteiger partial charge in [-0.05, 0) is 43.8 Å². The number of nitrogens with two attached hydrogens (primary N) is 1. The average Bonchev–Trinajstić information content (AvgIpc) is 3.32. The predicted octanol–water partition coefficient (Wildman–Crippen LogP) is 4.47. The summed E-state index contributed by atoms with van der Waals surface area (Å²) in [6.07, 6.45) is -3.88. The Hall–Kier alpha value is -3.82. The number of amides is 1. The fourth-order valence-corrected chi connectivity index (χ4v) is 5.67. The molecule has 4 heterocycles. The number of rotatable bonds is 8. The van der Waals surface area contributed by atoms with Crippen LogP contribution in [0.15, 0.2) is 36.9 Å². The second kappa shape index (κ2) is 12.7. The van der Waals surface area contributed by atoms with Gasteiger partial charge in [0, 0.05) is 49.7 Å². The van der Waals surface area contributed by atoms with Gasteiger partial charge in [0.15, 0.2) is 0 Å². The zero-order valence-electron chi connectivity index (χ0n) is 23.5. The third kappa shape index (κ3) is 6.79. The smallest absolute Gasteiger partial charge is 0.418 e. The number of carbonyl (C=O) groups excluding carboxylic acids is 1. The van der Waals surface area contributed by atoms with Gasteiger partial charge in [-0.3, -0.25) is 9.69 Å². The van der Waals surface area contributed by atoms with E-state index in [-0.39, 0.29) is 53.0 Å². The molecule has 0 saturated carbocycles. The van der Waals surface area contributed by atoms with Crippen LogP contribution in [0.5, 0.6) is 6.01 Å². The second-order valence-corrected chi connectivity index (χ2v) is 10.9. The number of carbonyl (C=O) groups is 1. The SMILES string of the molecule is C=CC(=O)N1CCN(c2nc(OCC3CC(OC(F)F)CN3C)nc3cc(-c4nc(N)ccc4C(F)(F)F)c(Cl)cc23)CC1. The molecule has 2 aromatic heterocycles. The monoisotopic (exact) mass is 641 g/mol. The Morgan fingerprint density at radius 2 is 1.91 bits per heavy atom. The van der Waals surface area contributed by atoms with E-state index < -0.39 is 30.1 Å². The minimum absolute atomic E-state index is 0.0299. The molecule has 2 aliphatic heterocycles. The van der Waals surface area contributed by atoms with Gasteiger partial charge < -0.3 is 25.0 Å². The number of hydrogen-bond donors (Lipinski definition) is 1. The number of nitrogen functional groups attached to an aromatic ring is 1. The summed E-state index contributed by atoms with van der Waals surface area (Å²) in [5, 5.41) is 0.410. The van der Waals surface area contributed by atoms with Crippen LogP contribution >= 0.6 is 11.6 Å². The average molecular weight is 642 g/mol. The number of halogens is 6.